The highest BCUT2D eigenvalue weighted by molar-refractivity contribution is 7.09. The fourth-order valence-corrected chi connectivity index (χ4v) is 6.41. The predicted octanol–water partition coefficient (Wildman–Crippen LogP) is 4.31. The zero-order valence-electron chi connectivity index (χ0n) is 22.0. The Kier molecular flexibility index (Phi) is 6.55. The van der Waals surface area contributed by atoms with E-state index in [1.807, 2.05) is 5.38 Å². The number of aliphatic hydroxyl groups is 1. The molecule has 2 saturated carbocycles. The number of hydrogen-bond acceptors (Lipinski definition) is 10. The second-order valence-electron chi connectivity index (χ2n) is 11.2. The molecule has 12 heteroatoms. The number of fused-ring (bicyclic) bond motifs is 1. The number of imidazole rings is 1. The molecule has 0 saturated heterocycles. The van der Waals surface area contributed by atoms with Crippen molar-refractivity contribution in [2.75, 3.05) is 5.32 Å². The molecule has 0 amide bonds. The number of hydrogen-bond donors (Lipinski definition) is 3. The molecule has 38 heavy (non-hydrogen) atoms. The topological polar surface area (TPSA) is 148 Å². The zero-order chi connectivity index (χ0) is 26.4. The molecule has 0 aromatic carbocycles. The molecule has 0 radical (unpaired) electrons. The molecule has 2 unspecified atom stereocenters. The van der Waals surface area contributed by atoms with E-state index in [-0.39, 0.29) is 17.7 Å². The van der Waals surface area contributed by atoms with Crippen molar-refractivity contribution in [1.29, 1.82) is 0 Å². The van der Waals surface area contributed by atoms with Crippen LogP contribution in [0, 0.1) is 17.8 Å². The van der Waals surface area contributed by atoms with Gasteiger partial charge in [-0.1, -0.05) is 31.3 Å². The van der Waals surface area contributed by atoms with Gasteiger partial charge in [-0.2, -0.15) is 0 Å². The van der Waals surface area contributed by atoms with Gasteiger partial charge in [-0.05, 0) is 57.3 Å². The molecule has 6 rings (SSSR count). The fourth-order valence-electron chi connectivity index (χ4n) is 5.72. The molecule has 11 nitrogen and oxygen atoms in total. The standard InChI is InChI=1S/C26H34N8O3S/c1-14-7-9-16(10-8-14)13-34-18-19(28-15(2)17-5-4-6-17)29-21(22-32-25(35)37-33-22)30-20(18)31-23(34)26(3,36)24-27-11-12-38-24/h11-12,14-17,36H,4-10,13H2,1-3H3,(H,28,29,30)(H,32,33,35). The van der Waals surface area contributed by atoms with E-state index in [0.717, 1.165) is 24.3 Å². The van der Waals surface area contributed by atoms with Crippen LogP contribution in [0.5, 0.6) is 0 Å². The highest BCUT2D eigenvalue weighted by atomic mass is 32.1. The molecule has 0 bridgehead atoms. The summed E-state index contributed by atoms with van der Waals surface area (Å²) in [6.45, 7) is 6.93. The first kappa shape index (κ1) is 25.2. The van der Waals surface area contributed by atoms with Crippen molar-refractivity contribution in [3.8, 4) is 11.6 Å². The van der Waals surface area contributed by atoms with Crippen LogP contribution < -0.4 is 11.1 Å². The lowest BCUT2D eigenvalue weighted by molar-refractivity contribution is 0.0863. The Balaban J connectivity index is 1.52. The highest BCUT2D eigenvalue weighted by Gasteiger charge is 2.37. The Labute approximate surface area is 224 Å². The van der Waals surface area contributed by atoms with Crippen LogP contribution in [0.3, 0.4) is 0 Å². The smallest absolute Gasteiger partial charge is 0.375 e. The molecule has 202 valence electrons. The van der Waals surface area contributed by atoms with Crippen LogP contribution in [0.4, 0.5) is 5.82 Å². The first-order valence-corrected chi connectivity index (χ1v) is 14.4. The van der Waals surface area contributed by atoms with Gasteiger partial charge in [0, 0.05) is 24.2 Å². The summed E-state index contributed by atoms with van der Waals surface area (Å²) < 4.78 is 6.82. The van der Waals surface area contributed by atoms with Crippen LogP contribution >= 0.6 is 11.3 Å². The second kappa shape index (κ2) is 9.88. The van der Waals surface area contributed by atoms with Crippen molar-refractivity contribution in [3.05, 3.63) is 33.0 Å². The summed E-state index contributed by atoms with van der Waals surface area (Å²) in [5.74, 6) is 2.53. The van der Waals surface area contributed by atoms with E-state index in [1.165, 1.54) is 43.4 Å². The van der Waals surface area contributed by atoms with Gasteiger partial charge in [0.05, 0.1) is 0 Å². The molecule has 0 spiro atoms. The van der Waals surface area contributed by atoms with Crippen LogP contribution in [0.15, 0.2) is 20.9 Å². The average molecular weight is 539 g/mol. The molecular formula is C26H34N8O3S. The maximum Gasteiger partial charge on any atom is 0.439 e. The third kappa shape index (κ3) is 4.64. The van der Waals surface area contributed by atoms with Crippen molar-refractivity contribution in [2.45, 2.75) is 83.9 Å². The molecule has 2 atom stereocenters. The van der Waals surface area contributed by atoms with Gasteiger partial charge in [0.15, 0.2) is 22.9 Å². The normalized spacial score (nSPS) is 22.7. The third-order valence-corrected chi connectivity index (χ3v) is 9.32. The Morgan fingerprint density at radius 1 is 1.24 bits per heavy atom. The van der Waals surface area contributed by atoms with E-state index < -0.39 is 11.4 Å². The van der Waals surface area contributed by atoms with Crippen LogP contribution in [0.1, 0.15) is 76.5 Å². The largest absolute Gasteiger partial charge is 0.439 e. The highest BCUT2D eigenvalue weighted by Crippen LogP contribution is 2.38. The summed E-state index contributed by atoms with van der Waals surface area (Å²) in [6, 6.07) is 0.188. The molecular weight excluding hydrogens is 504 g/mol. The summed E-state index contributed by atoms with van der Waals surface area (Å²) in [7, 11) is 0. The Bertz CT molecular complexity index is 1460. The minimum absolute atomic E-state index is 0.139. The number of H-pyrrole nitrogens is 1. The lowest BCUT2D eigenvalue weighted by Crippen LogP contribution is -2.32. The van der Waals surface area contributed by atoms with Gasteiger partial charge in [0.1, 0.15) is 10.5 Å². The van der Waals surface area contributed by atoms with Crippen LogP contribution in [-0.2, 0) is 12.1 Å². The van der Waals surface area contributed by atoms with Crippen molar-refractivity contribution in [3.63, 3.8) is 0 Å². The first-order valence-electron chi connectivity index (χ1n) is 13.5. The lowest BCUT2D eigenvalue weighted by Gasteiger charge is -2.32. The van der Waals surface area contributed by atoms with E-state index >= 15 is 0 Å². The predicted molar refractivity (Wildman–Crippen MR) is 144 cm³/mol. The maximum atomic E-state index is 11.8. The zero-order valence-corrected chi connectivity index (χ0v) is 22.8. The molecule has 4 aromatic heterocycles. The van der Waals surface area contributed by atoms with Gasteiger partial charge in [0.2, 0.25) is 11.6 Å². The molecule has 3 N–H and O–H groups in total. The van der Waals surface area contributed by atoms with Gasteiger partial charge in [0.25, 0.3) is 0 Å². The average Bonchev–Trinajstić information content (AvgIpc) is 3.60. The van der Waals surface area contributed by atoms with Crippen LogP contribution in [0.2, 0.25) is 0 Å². The molecule has 2 aliphatic carbocycles. The second-order valence-corrected chi connectivity index (χ2v) is 12.1. The quantitative estimate of drug-likeness (QED) is 0.298. The Morgan fingerprint density at radius 3 is 2.66 bits per heavy atom. The number of rotatable bonds is 8. The van der Waals surface area contributed by atoms with Crippen molar-refractivity contribution >= 4 is 28.3 Å². The van der Waals surface area contributed by atoms with E-state index in [0.29, 0.717) is 40.7 Å². The monoisotopic (exact) mass is 538 g/mol. The SMILES string of the molecule is CC1CCC(Cn2c(C(C)(O)c3nccs3)nc3nc(-c4noc(=O)[nH]4)nc(NC(C)C4CCC4)c32)CC1. The lowest BCUT2D eigenvalue weighted by atomic mass is 9.80. The molecule has 4 heterocycles. The van der Waals surface area contributed by atoms with E-state index in [1.54, 1.807) is 13.1 Å². The minimum Gasteiger partial charge on any atom is -0.375 e. The molecule has 0 aliphatic heterocycles. The van der Waals surface area contributed by atoms with Gasteiger partial charge < -0.3 is 15.0 Å². The van der Waals surface area contributed by atoms with E-state index in [4.69, 9.17) is 14.5 Å². The van der Waals surface area contributed by atoms with Gasteiger partial charge in [-0.3, -0.25) is 9.51 Å². The summed E-state index contributed by atoms with van der Waals surface area (Å²) in [5, 5.41) is 21.7. The van der Waals surface area contributed by atoms with Crippen molar-refractivity contribution < 1.29 is 9.63 Å². The van der Waals surface area contributed by atoms with E-state index in [9.17, 15) is 9.90 Å². The number of nitrogens with zero attached hydrogens (tertiary/aromatic N) is 6. The Hall–Kier alpha value is -3.12. The first-order chi connectivity index (χ1) is 18.3. The number of anilines is 1. The third-order valence-electron chi connectivity index (χ3n) is 8.34. The summed E-state index contributed by atoms with van der Waals surface area (Å²) in [6.07, 6.45) is 9.92. The summed E-state index contributed by atoms with van der Waals surface area (Å²) >= 11 is 1.39. The van der Waals surface area contributed by atoms with Crippen LogP contribution in [-0.4, -0.2) is 45.8 Å². The Morgan fingerprint density at radius 2 is 2.03 bits per heavy atom. The number of aromatic nitrogens is 7. The van der Waals surface area contributed by atoms with Crippen molar-refractivity contribution in [2.24, 2.45) is 17.8 Å². The van der Waals surface area contributed by atoms with Crippen LogP contribution in [0.25, 0.3) is 22.8 Å². The molecule has 2 fully saturated rings. The summed E-state index contributed by atoms with van der Waals surface area (Å²) in [5.41, 5.74) is -0.245. The van der Waals surface area contributed by atoms with E-state index in [2.05, 4.69) is 43.8 Å². The molecule has 4 aromatic rings. The maximum absolute atomic E-state index is 11.8. The molecule has 2 aliphatic rings. The minimum atomic E-state index is -1.42. The number of nitrogens with one attached hydrogen (secondary N) is 2. The summed E-state index contributed by atoms with van der Waals surface area (Å²) in [4.78, 5) is 33.0. The van der Waals surface area contributed by atoms with Gasteiger partial charge >= 0.3 is 5.76 Å². The fraction of sp³-hybridized carbons (Fsp3) is 0.615. The number of thiazole rings is 1. The van der Waals surface area contributed by atoms with Gasteiger partial charge in [-0.25, -0.2) is 24.7 Å². The number of aromatic amines is 1. The van der Waals surface area contributed by atoms with Crippen molar-refractivity contribution in [1.82, 2.24) is 34.6 Å². The van der Waals surface area contributed by atoms with Gasteiger partial charge in [-0.15, -0.1) is 11.3 Å².